The summed E-state index contributed by atoms with van der Waals surface area (Å²) in [6, 6.07) is 5.25. The predicted molar refractivity (Wildman–Crippen MR) is 75.9 cm³/mol. The maximum Gasteiger partial charge on any atom is 0.137 e. The minimum absolute atomic E-state index is 0.0480. The van der Waals surface area contributed by atoms with E-state index in [-0.39, 0.29) is 11.9 Å². The lowest BCUT2D eigenvalue weighted by molar-refractivity contribution is 0.508. The molecule has 1 aliphatic carbocycles. The maximum absolute atomic E-state index is 13.5. The zero-order chi connectivity index (χ0) is 13.0. The van der Waals surface area contributed by atoms with E-state index >= 15 is 0 Å². The van der Waals surface area contributed by atoms with Gasteiger partial charge in [0.05, 0.1) is 4.47 Å². The monoisotopic (exact) mass is 314 g/mol. The summed E-state index contributed by atoms with van der Waals surface area (Å²) < 4.78 is 14.0. The molecule has 2 rings (SSSR count). The maximum atomic E-state index is 13.5. The molecule has 18 heavy (non-hydrogen) atoms. The van der Waals surface area contributed by atoms with E-state index in [2.05, 4.69) is 21.2 Å². The Kier molecular flexibility index (Phi) is 5.15. The van der Waals surface area contributed by atoms with Gasteiger partial charge >= 0.3 is 0 Å². The van der Waals surface area contributed by atoms with Gasteiger partial charge in [-0.05, 0) is 58.9 Å². The summed E-state index contributed by atoms with van der Waals surface area (Å²) in [5.41, 5.74) is 6.67. The molecule has 1 fully saturated rings. The summed E-state index contributed by atoms with van der Waals surface area (Å²) >= 11 is 3.16. The van der Waals surface area contributed by atoms with Gasteiger partial charge in [-0.2, -0.15) is 0 Å². The molecular weight excluding hydrogens is 295 g/mol. The second kappa shape index (κ2) is 6.64. The molecule has 0 bridgehead atoms. The van der Waals surface area contributed by atoms with Gasteiger partial charge in [0.1, 0.15) is 5.82 Å². The lowest BCUT2D eigenvalue weighted by atomic mass is 10.1. The quantitative estimate of drug-likeness (QED) is 0.757. The highest BCUT2D eigenvalue weighted by Gasteiger charge is 2.20. The van der Waals surface area contributed by atoms with E-state index in [0.29, 0.717) is 11.0 Å². The summed E-state index contributed by atoms with van der Waals surface area (Å²) in [5.74, 6) is 0.735. The van der Waals surface area contributed by atoms with Crippen LogP contribution in [0.3, 0.4) is 0 Å². The van der Waals surface area contributed by atoms with Crippen LogP contribution < -0.4 is 11.1 Å². The minimum Gasteiger partial charge on any atom is -0.329 e. The van der Waals surface area contributed by atoms with Crippen molar-refractivity contribution in [3.8, 4) is 0 Å². The van der Waals surface area contributed by atoms with E-state index in [1.165, 1.54) is 25.7 Å². The Morgan fingerprint density at radius 2 is 2.22 bits per heavy atom. The minimum atomic E-state index is -0.231. The van der Waals surface area contributed by atoms with Crippen LogP contribution in [0.2, 0.25) is 0 Å². The van der Waals surface area contributed by atoms with Gasteiger partial charge in [-0.25, -0.2) is 4.39 Å². The third-order valence-corrected chi connectivity index (χ3v) is 4.10. The number of nitrogens with one attached hydrogen (secondary N) is 1. The van der Waals surface area contributed by atoms with Crippen LogP contribution in [0.5, 0.6) is 0 Å². The molecule has 1 aliphatic rings. The molecule has 2 nitrogen and oxygen atoms in total. The molecule has 1 aromatic rings. The highest BCUT2D eigenvalue weighted by Crippen LogP contribution is 2.33. The fourth-order valence-electron chi connectivity index (χ4n) is 2.14. The first-order chi connectivity index (χ1) is 8.70. The Hall–Kier alpha value is -0.450. The predicted octanol–water partition coefficient (Wildman–Crippen LogP) is 3.37. The first kappa shape index (κ1) is 14.0. The van der Waals surface area contributed by atoms with E-state index < -0.39 is 0 Å². The zero-order valence-electron chi connectivity index (χ0n) is 10.5. The fourth-order valence-corrected chi connectivity index (χ4v) is 2.39. The third kappa shape index (κ3) is 4.04. The summed E-state index contributed by atoms with van der Waals surface area (Å²) in [4.78, 5) is 0. The van der Waals surface area contributed by atoms with Crippen LogP contribution in [-0.2, 0) is 0 Å². The number of hydrogen-bond acceptors (Lipinski definition) is 2. The van der Waals surface area contributed by atoms with Crippen molar-refractivity contribution in [1.29, 1.82) is 0 Å². The first-order valence-electron chi connectivity index (χ1n) is 6.59. The Morgan fingerprint density at radius 1 is 1.44 bits per heavy atom. The first-order valence-corrected chi connectivity index (χ1v) is 7.38. The summed E-state index contributed by atoms with van der Waals surface area (Å²) in [5, 5.41) is 3.41. The van der Waals surface area contributed by atoms with Crippen molar-refractivity contribution >= 4 is 15.9 Å². The summed E-state index contributed by atoms with van der Waals surface area (Å²) in [7, 11) is 0. The number of benzene rings is 1. The van der Waals surface area contributed by atoms with Crippen LogP contribution in [0, 0.1) is 11.7 Å². The van der Waals surface area contributed by atoms with Gasteiger partial charge in [0, 0.05) is 12.6 Å². The topological polar surface area (TPSA) is 38.0 Å². The van der Waals surface area contributed by atoms with Crippen LogP contribution in [0.15, 0.2) is 22.7 Å². The highest BCUT2D eigenvalue weighted by atomic mass is 79.9. The summed E-state index contributed by atoms with van der Waals surface area (Å²) in [6.45, 7) is 1.44. The van der Waals surface area contributed by atoms with Gasteiger partial charge < -0.3 is 11.1 Å². The lowest BCUT2D eigenvalue weighted by Gasteiger charge is -2.17. The van der Waals surface area contributed by atoms with Crippen molar-refractivity contribution < 1.29 is 4.39 Å². The van der Waals surface area contributed by atoms with Gasteiger partial charge in [-0.1, -0.05) is 18.9 Å². The molecule has 0 aliphatic heterocycles. The normalized spacial score (nSPS) is 16.8. The smallest absolute Gasteiger partial charge is 0.137 e. The second-order valence-electron chi connectivity index (χ2n) is 5.00. The molecule has 0 aromatic heterocycles. The molecule has 0 heterocycles. The molecule has 0 saturated heterocycles. The van der Waals surface area contributed by atoms with E-state index in [1.807, 2.05) is 6.07 Å². The van der Waals surface area contributed by atoms with Gasteiger partial charge in [0.2, 0.25) is 0 Å². The highest BCUT2D eigenvalue weighted by molar-refractivity contribution is 9.10. The molecule has 0 spiro atoms. The van der Waals surface area contributed by atoms with Crippen molar-refractivity contribution in [3.05, 3.63) is 34.1 Å². The summed E-state index contributed by atoms with van der Waals surface area (Å²) in [6.07, 6.45) is 5.29. The molecule has 4 heteroatoms. The molecule has 1 atom stereocenters. The largest absolute Gasteiger partial charge is 0.329 e. The van der Waals surface area contributed by atoms with Crippen molar-refractivity contribution in [2.75, 3.05) is 13.1 Å². The van der Waals surface area contributed by atoms with E-state index in [0.717, 1.165) is 18.0 Å². The molecule has 0 amide bonds. The number of nitrogens with two attached hydrogens (primary N) is 1. The van der Waals surface area contributed by atoms with Gasteiger partial charge in [0.15, 0.2) is 0 Å². The van der Waals surface area contributed by atoms with E-state index in [4.69, 9.17) is 5.73 Å². The Labute approximate surface area is 116 Å². The molecular formula is C14H20BrFN2. The van der Waals surface area contributed by atoms with Crippen molar-refractivity contribution in [2.45, 2.75) is 31.7 Å². The number of hydrogen-bond donors (Lipinski definition) is 2. The zero-order valence-corrected chi connectivity index (χ0v) is 12.0. The number of halogens is 2. The lowest BCUT2D eigenvalue weighted by Crippen LogP contribution is -2.29. The van der Waals surface area contributed by atoms with Gasteiger partial charge in [-0.15, -0.1) is 0 Å². The average molecular weight is 315 g/mol. The second-order valence-corrected chi connectivity index (χ2v) is 5.86. The van der Waals surface area contributed by atoms with Crippen molar-refractivity contribution in [3.63, 3.8) is 0 Å². The van der Waals surface area contributed by atoms with E-state index in [1.54, 1.807) is 12.1 Å². The van der Waals surface area contributed by atoms with Crippen molar-refractivity contribution in [1.82, 2.24) is 5.32 Å². The van der Waals surface area contributed by atoms with Crippen LogP contribution in [-0.4, -0.2) is 13.1 Å². The molecule has 3 N–H and O–H groups in total. The van der Waals surface area contributed by atoms with Crippen LogP contribution in [0.1, 0.15) is 37.3 Å². The Balaban J connectivity index is 1.83. The Bertz CT molecular complexity index is 393. The standard InChI is InChI=1S/C14H20BrFN2/c15-12-6-5-11(8-13(12)16)14(9-17)18-7-1-2-10-3-4-10/h5-6,8,10,14,18H,1-4,7,9,17H2. The Morgan fingerprint density at radius 3 is 2.83 bits per heavy atom. The van der Waals surface area contributed by atoms with Gasteiger partial charge in [-0.3, -0.25) is 0 Å². The molecule has 1 unspecified atom stereocenters. The van der Waals surface area contributed by atoms with E-state index in [9.17, 15) is 4.39 Å². The molecule has 1 aromatic carbocycles. The van der Waals surface area contributed by atoms with Crippen molar-refractivity contribution in [2.24, 2.45) is 11.7 Å². The van der Waals surface area contributed by atoms with Gasteiger partial charge in [0.25, 0.3) is 0 Å². The molecule has 1 saturated carbocycles. The molecule has 0 radical (unpaired) electrons. The van der Waals surface area contributed by atoms with Crippen LogP contribution in [0.25, 0.3) is 0 Å². The fraction of sp³-hybridized carbons (Fsp3) is 0.571. The molecule has 100 valence electrons. The SMILES string of the molecule is NCC(NCCCC1CC1)c1ccc(Br)c(F)c1. The van der Waals surface area contributed by atoms with Crippen LogP contribution >= 0.6 is 15.9 Å². The third-order valence-electron chi connectivity index (χ3n) is 3.46. The number of rotatable bonds is 7. The van der Waals surface area contributed by atoms with Crippen LogP contribution in [0.4, 0.5) is 4.39 Å². The average Bonchev–Trinajstić information content (AvgIpc) is 3.17.